The van der Waals surface area contributed by atoms with Crippen molar-refractivity contribution in [3.63, 3.8) is 0 Å². The summed E-state index contributed by atoms with van der Waals surface area (Å²) in [5.41, 5.74) is 1.83. The summed E-state index contributed by atoms with van der Waals surface area (Å²) in [6, 6.07) is 7.17. The molecule has 0 saturated heterocycles. The van der Waals surface area contributed by atoms with E-state index in [-0.39, 0.29) is 16.9 Å². The Hall–Kier alpha value is -2.96. The van der Waals surface area contributed by atoms with Crippen LogP contribution >= 0.6 is 0 Å². The molecule has 0 atom stereocenters. The summed E-state index contributed by atoms with van der Waals surface area (Å²) in [6.07, 6.45) is 0.888. The first kappa shape index (κ1) is 14.4. The molecule has 0 bridgehead atoms. The molecule has 2 aromatic rings. The van der Waals surface area contributed by atoms with Gasteiger partial charge >= 0.3 is 0 Å². The summed E-state index contributed by atoms with van der Waals surface area (Å²) in [6.45, 7) is 0. The van der Waals surface area contributed by atoms with Crippen LogP contribution in [0.5, 0.6) is 11.5 Å². The molecule has 2 rings (SSSR count). The average Bonchev–Trinajstić information content (AvgIpc) is 2.44. The zero-order chi connectivity index (χ0) is 15.4. The Kier molecular flexibility index (Phi) is 4.13. The molecule has 108 valence electrons. The molecule has 7 heteroatoms. The molecule has 0 saturated carbocycles. The maximum Gasteiger partial charge on any atom is 0.275 e. The van der Waals surface area contributed by atoms with E-state index in [0.717, 1.165) is 12.3 Å². The van der Waals surface area contributed by atoms with E-state index in [1.807, 2.05) is 0 Å². The highest BCUT2D eigenvalue weighted by Crippen LogP contribution is 2.21. The Morgan fingerprint density at radius 3 is 2.62 bits per heavy atom. The third-order valence-electron chi connectivity index (χ3n) is 2.58. The molecule has 2 aromatic carbocycles. The maximum absolute atomic E-state index is 13.1. The highest BCUT2D eigenvalue weighted by Gasteiger charge is 2.10. The van der Waals surface area contributed by atoms with Gasteiger partial charge in [-0.1, -0.05) is 12.1 Å². The maximum atomic E-state index is 13.1. The normalized spacial score (nSPS) is 10.8. The molecule has 0 aliphatic heterocycles. The Bertz CT molecular complexity index is 717. The number of halogens is 2. The van der Waals surface area contributed by atoms with Crippen LogP contribution in [0.15, 0.2) is 41.5 Å². The molecule has 1 amide bonds. The fourth-order valence-corrected chi connectivity index (χ4v) is 1.57. The number of aromatic hydroxyl groups is 2. The Morgan fingerprint density at radius 2 is 1.90 bits per heavy atom. The number of benzene rings is 2. The Balaban J connectivity index is 2.13. The number of hydrazone groups is 1. The van der Waals surface area contributed by atoms with E-state index in [9.17, 15) is 23.8 Å². The first-order valence-electron chi connectivity index (χ1n) is 5.78. The highest BCUT2D eigenvalue weighted by molar-refractivity contribution is 5.97. The highest BCUT2D eigenvalue weighted by atomic mass is 19.1. The van der Waals surface area contributed by atoms with Gasteiger partial charge in [-0.3, -0.25) is 4.79 Å². The van der Waals surface area contributed by atoms with Crippen molar-refractivity contribution in [3.05, 3.63) is 59.2 Å². The zero-order valence-electron chi connectivity index (χ0n) is 10.5. The molecule has 0 radical (unpaired) electrons. The lowest BCUT2D eigenvalue weighted by Gasteiger charge is -2.03. The van der Waals surface area contributed by atoms with Crippen LogP contribution in [0.25, 0.3) is 0 Å². The topological polar surface area (TPSA) is 81.9 Å². The van der Waals surface area contributed by atoms with Crippen LogP contribution in [0.1, 0.15) is 15.9 Å². The second kappa shape index (κ2) is 6.00. The lowest BCUT2D eigenvalue weighted by atomic mass is 10.2. The molecule has 0 aliphatic rings. The van der Waals surface area contributed by atoms with Crippen LogP contribution < -0.4 is 5.43 Å². The molecule has 21 heavy (non-hydrogen) atoms. The predicted molar refractivity (Wildman–Crippen MR) is 71.2 cm³/mol. The molecular formula is C14H10F2N2O3. The quantitative estimate of drug-likeness (QED) is 0.599. The van der Waals surface area contributed by atoms with E-state index >= 15 is 0 Å². The number of rotatable bonds is 3. The number of nitrogens with one attached hydrogen (secondary N) is 1. The van der Waals surface area contributed by atoms with Crippen molar-refractivity contribution in [2.75, 3.05) is 0 Å². The monoisotopic (exact) mass is 292 g/mol. The van der Waals surface area contributed by atoms with E-state index < -0.39 is 23.3 Å². The summed E-state index contributed by atoms with van der Waals surface area (Å²) in [5.74, 6) is -3.75. The van der Waals surface area contributed by atoms with Crippen molar-refractivity contribution < 1.29 is 23.8 Å². The Morgan fingerprint density at radius 1 is 1.19 bits per heavy atom. The smallest absolute Gasteiger partial charge is 0.275 e. The van der Waals surface area contributed by atoms with Crippen molar-refractivity contribution >= 4 is 12.1 Å². The van der Waals surface area contributed by atoms with Crippen molar-refractivity contribution in [3.8, 4) is 11.5 Å². The van der Waals surface area contributed by atoms with Gasteiger partial charge in [0, 0.05) is 11.6 Å². The average molecular weight is 292 g/mol. The number of amides is 1. The standard InChI is InChI=1S/C14H10F2N2O3/c15-9-5-8(13(20)11(16)6-9)7-17-18-14(21)10-3-1-2-4-12(10)19/h1-7,19-20H,(H,18,21)/b17-7+. The fraction of sp³-hybridized carbons (Fsp3) is 0. The van der Waals surface area contributed by atoms with Crippen LogP contribution in [0.2, 0.25) is 0 Å². The van der Waals surface area contributed by atoms with Crippen LogP contribution in [0.4, 0.5) is 8.78 Å². The third kappa shape index (κ3) is 3.33. The van der Waals surface area contributed by atoms with Gasteiger partial charge in [0.2, 0.25) is 0 Å². The minimum Gasteiger partial charge on any atom is -0.507 e. The Labute approximate surface area is 118 Å². The van der Waals surface area contributed by atoms with Gasteiger partial charge in [-0.2, -0.15) is 5.10 Å². The van der Waals surface area contributed by atoms with Crippen molar-refractivity contribution in [2.45, 2.75) is 0 Å². The largest absolute Gasteiger partial charge is 0.507 e. The number of para-hydroxylation sites is 1. The van der Waals surface area contributed by atoms with Crippen LogP contribution in [0.3, 0.4) is 0 Å². The summed E-state index contributed by atoms with van der Waals surface area (Å²) >= 11 is 0. The third-order valence-corrected chi connectivity index (χ3v) is 2.58. The van der Waals surface area contributed by atoms with Gasteiger partial charge in [-0.15, -0.1) is 0 Å². The SMILES string of the molecule is O=C(N/N=C/c1cc(F)cc(F)c1O)c1ccccc1O. The lowest BCUT2D eigenvalue weighted by molar-refractivity contribution is 0.0952. The van der Waals surface area contributed by atoms with E-state index in [1.165, 1.54) is 12.1 Å². The molecule has 0 unspecified atom stereocenters. The van der Waals surface area contributed by atoms with E-state index in [4.69, 9.17) is 0 Å². The molecule has 0 aromatic heterocycles. The molecular weight excluding hydrogens is 282 g/mol. The van der Waals surface area contributed by atoms with Gasteiger partial charge in [0.1, 0.15) is 11.6 Å². The fourth-order valence-electron chi connectivity index (χ4n) is 1.57. The van der Waals surface area contributed by atoms with Gasteiger partial charge in [0.15, 0.2) is 11.6 Å². The number of phenolic OH excluding ortho intramolecular Hbond substituents is 2. The van der Waals surface area contributed by atoms with Gasteiger partial charge in [0.05, 0.1) is 11.8 Å². The number of hydrogen-bond donors (Lipinski definition) is 3. The second-order valence-electron chi connectivity index (χ2n) is 4.04. The van der Waals surface area contributed by atoms with Gasteiger partial charge in [-0.25, -0.2) is 14.2 Å². The number of nitrogens with zero attached hydrogens (tertiary/aromatic N) is 1. The molecule has 0 heterocycles. The minimum atomic E-state index is -1.14. The van der Waals surface area contributed by atoms with Gasteiger partial charge < -0.3 is 10.2 Å². The summed E-state index contributed by atoms with van der Waals surface area (Å²) in [4.78, 5) is 11.7. The van der Waals surface area contributed by atoms with Crippen molar-refractivity contribution in [2.24, 2.45) is 5.10 Å². The van der Waals surface area contributed by atoms with E-state index in [1.54, 1.807) is 12.1 Å². The minimum absolute atomic E-state index is 0.00991. The van der Waals surface area contributed by atoms with Crippen LogP contribution in [-0.4, -0.2) is 22.3 Å². The number of carbonyl (C=O) groups excluding carboxylic acids is 1. The van der Waals surface area contributed by atoms with E-state index in [0.29, 0.717) is 6.07 Å². The second-order valence-corrected chi connectivity index (χ2v) is 4.04. The predicted octanol–water partition coefficient (Wildman–Crippen LogP) is 2.14. The van der Waals surface area contributed by atoms with Gasteiger partial charge in [-0.05, 0) is 18.2 Å². The summed E-state index contributed by atoms with van der Waals surface area (Å²) < 4.78 is 26.1. The molecule has 0 spiro atoms. The zero-order valence-corrected chi connectivity index (χ0v) is 10.5. The molecule has 5 nitrogen and oxygen atoms in total. The van der Waals surface area contributed by atoms with E-state index in [2.05, 4.69) is 10.5 Å². The number of hydrogen-bond acceptors (Lipinski definition) is 4. The first-order chi connectivity index (χ1) is 9.99. The summed E-state index contributed by atoms with van der Waals surface area (Å²) in [7, 11) is 0. The van der Waals surface area contributed by atoms with Gasteiger partial charge in [0.25, 0.3) is 5.91 Å². The molecule has 3 N–H and O–H groups in total. The van der Waals surface area contributed by atoms with Crippen molar-refractivity contribution in [1.29, 1.82) is 0 Å². The first-order valence-corrected chi connectivity index (χ1v) is 5.78. The van der Waals surface area contributed by atoms with Crippen LogP contribution in [-0.2, 0) is 0 Å². The van der Waals surface area contributed by atoms with Crippen LogP contribution in [0, 0.1) is 11.6 Å². The van der Waals surface area contributed by atoms with Crippen molar-refractivity contribution in [1.82, 2.24) is 5.43 Å². The number of carbonyl (C=O) groups is 1. The number of phenols is 2. The molecule has 0 aliphatic carbocycles. The summed E-state index contributed by atoms with van der Waals surface area (Å²) in [5, 5.41) is 22.3. The molecule has 0 fully saturated rings. The lowest BCUT2D eigenvalue weighted by Crippen LogP contribution is -2.17.